The highest BCUT2D eigenvalue weighted by atomic mass is 16.5. The minimum Gasteiger partial charge on any atom is -0.461 e. The zero-order chi connectivity index (χ0) is 14.5. The third-order valence-electron chi connectivity index (χ3n) is 3.29. The number of benzene rings is 1. The standard InChI is InChI=1S/C16H20N2O2/c1-4-12-8-7-9-13(5-2)15(12)18-10-14(17-11-18)16(19)20-6-3/h7-11H,4-6H2,1-3H3. The zero-order valence-corrected chi connectivity index (χ0v) is 12.2. The molecule has 0 aliphatic rings. The lowest BCUT2D eigenvalue weighted by atomic mass is 10.0. The summed E-state index contributed by atoms with van der Waals surface area (Å²) in [5.41, 5.74) is 3.97. The molecule has 0 aliphatic heterocycles. The molecule has 0 aliphatic carbocycles. The van der Waals surface area contributed by atoms with Crippen LogP contribution >= 0.6 is 0 Å². The summed E-state index contributed by atoms with van der Waals surface area (Å²) in [6, 6.07) is 6.29. The number of aryl methyl sites for hydroxylation is 2. The van der Waals surface area contributed by atoms with E-state index in [0.717, 1.165) is 18.5 Å². The number of para-hydroxylation sites is 1. The van der Waals surface area contributed by atoms with Crippen LogP contribution in [-0.4, -0.2) is 22.1 Å². The highest BCUT2D eigenvalue weighted by molar-refractivity contribution is 5.87. The maximum Gasteiger partial charge on any atom is 0.358 e. The Kier molecular flexibility index (Phi) is 4.56. The van der Waals surface area contributed by atoms with Crippen LogP contribution in [0.1, 0.15) is 42.4 Å². The largest absolute Gasteiger partial charge is 0.461 e. The van der Waals surface area contributed by atoms with Crippen LogP contribution in [0.5, 0.6) is 0 Å². The lowest BCUT2D eigenvalue weighted by Crippen LogP contribution is -2.05. The van der Waals surface area contributed by atoms with Crippen molar-refractivity contribution >= 4 is 5.97 Å². The Bertz CT molecular complexity index is 580. The molecule has 2 rings (SSSR count). The second-order valence-corrected chi connectivity index (χ2v) is 4.52. The van der Waals surface area contributed by atoms with E-state index in [0.29, 0.717) is 12.3 Å². The lowest BCUT2D eigenvalue weighted by Gasteiger charge is -2.13. The molecule has 0 bridgehead atoms. The molecule has 20 heavy (non-hydrogen) atoms. The molecule has 1 heterocycles. The first kappa shape index (κ1) is 14.3. The number of carbonyl (C=O) groups is 1. The maximum atomic E-state index is 11.7. The molecule has 106 valence electrons. The van der Waals surface area contributed by atoms with E-state index in [9.17, 15) is 4.79 Å². The van der Waals surface area contributed by atoms with Crippen LogP contribution in [0.2, 0.25) is 0 Å². The van der Waals surface area contributed by atoms with Gasteiger partial charge in [0.25, 0.3) is 0 Å². The first-order valence-corrected chi connectivity index (χ1v) is 7.03. The smallest absolute Gasteiger partial charge is 0.358 e. The Balaban J connectivity index is 2.44. The lowest BCUT2D eigenvalue weighted by molar-refractivity contribution is 0.0520. The Morgan fingerprint density at radius 2 is 1.85 bits per heavy atom. The summed E-state index contributed by atoms with van der Waals surface area (Å²) in [6.45, 7) is 6.40. The third kappa shape index (κ3) is 2.74. The van der Waals surface area contributed by atoms with Crippen LogP contribution in [0.25, 0.3) is 5.69 Å². The molecule has 0 radical (unpaired) electrons. The topological polar surface area (TPSA) is 44.1 Å². The van der Waals surface area contributed by atoms with Crippen molar-refractivity contribution in [2.24, 2.45) is 0 Å². The normalized spacial score (nSPS) is 10.6. The van der Waals surface area contributed by atoms with Gasteiger partial charge in [0.05, 0.1) is 12.3 Å². The van der Waals surface area contributed by atoms with Crippen molar-refractivity contribution in [3.8, 4) is 5.69 Å². The molecule has 0 fully saturated rings. The summed E-state index contributed by atoms with van der Waals surface area (Å²) in [6.07, 6.45) is 5.30. The van der Waals surface area contributed by atoms with Gasteiger partial charge in [-0.3, -0.25) is 0 Å². The van der Waals surface area contributed by atoms with E-state index in [1.165, 1.54) is 11.1 Å². The van der Waals surface area contributed by atoms with E-state index < -0.39 is 0 Å². The van der Waals surface area contributed by atoms with Crippen LogP contribution in [0.3, 0.4) is 0 Å². The SMILES string of the molecule is CCOC(=O)c1cn(-c2c(CC)cccc2CC)cn1. The zero-order valence-electron chi connectivity index (χ0n) is 12.2. The Hall–Kier alpha value is -2.10. The van der Waals surface area contributed by atoms with E-state index in [1.54, 1.807) is 19.4 Å². The van der Waals surface area contributed by atoms with Crippen molar-refractivity contribution in [2.75, 3.05) is 6.61 Å². The maximum absolute atomic E-state index is 11.7. The molecule has 0 N–H and O–H groups in total. The molecule has 0 unspecified atom stereocenters. The summed E-state index contributed by atoms with van der Waals surface area (Å²) in [5, 5.41) is 0. The molecule has 0 atom stereocenters. The monoisotopic (exact) mass is 272 g/mol. The number of hydrogen-bond donors (Lipinski definition) is 0. The first-order valence-electron chi connectivity index (χ1n) is 7.03. The summed E-state index contributed by atoms with van der Waals surface area (Å²) in [7, 11) is 0. The van der Waals surface area contributed by atoms with Gasteiger partial charge in [0.15, 0.2) is 5.69 Å². The third-order valence-corrected chi connectivity index (χ3v) is 3.29. The van der Waals surface area contributed by atoms with Gasteiger partial charge in [0, 0.05) is 6.20 Å². The number of nitrogens with zero attached hydrogens (tertiary/aromatic N) is 2. The van der Waals surface area contributed by atoms with E-state index in [2.05, 4.69) is 37.0 Å². The molecule has 4 nitrogen and oxygen atoms in total. The number of hydrogen-bond acceptors (Lipinski definition) is 3. The van der Waals surface area contributed by atoms with Gasteiger partial charge in [-0.05, 0) is 30.9 Å². The minimum absolute atomic E-state index is 0.347. The van der Waals surface area contributed by atoms with Gasteiger partial charge in [-0.2, -0.15) is 0 Å². The minimum atomic E-state index is -0.377. The van der Waals surface area contributed by atoms with Crippen LogP contribution < -0.4 is 0 Å². The molecule has 1 aromatic carbocycles. The second-order valence-electron chi connectivity index (χ2n) is 4.52. The van der Waals surface area contributed by atoms with Crippen molar-refractivity contribution < 1.29 is 9.53 Å². The molecule has 0 spiro atoms. The summed E-state index contributed by atoms with van der Waals surface area (Å²) >= 11 is 0. The number of esters is 1. The Labute approximate surface area is 119 Å². The van der Waals surface area contributed by atoms with Gasteiger partial charge in [-0.25, -0.2) is 9.78 Å². The predicted molar refractivity (Wildman–Crippen MR) is 78.3 cm³/mol. The van der Waals surface area contributed by atoms with Crippen LogP contribution in [0, 0.1) is 0 Å². The van der Waals surface area contributed by atoms with Crippen LogP contribution in [0.15, 0.2) is 30.7 Å². The molecular weight excluding hydrogens is 252 g/mol. The number of imidazole rings is 1. The highest BCUT2D eigenvalue weighted by Gasteiger charge is 2.13. The number of carbonyl (C=O) groups excluding carboxylic acids is 1. The summed E-state index contributed by atoms with van der Waals surface area (Å²) in [5.74, 6) is -0.377. The predicted octanol–water partition coefficient (Wildman–Crippen LogP) is 3.17. The fraction of sp³-hybridized carbons (Fsp3) is 0.375. The van der Waals surface area contributed by atoms with Crippen molar-refractivity contribution in [1.29, 1.82) is 0 Å². The summed E-state index contributed by atoms with van der Waals surface area (Å²) < 4.78 is 6.90. The van der Waals surface area contributed by atoms with Crippen molar-refractivity contribution in [1.82, 2.24) is 9.55 Å². The Morgan fingerprint density at radius 3 is 2.40 bits per heavy atom. The van der Waals surface area contributed by atoms with Crippen molar-refractivity contribution in [3.63, 3.8) is 0 Å². The van der Waals surface area contributed by atoms with Gasteiger partial charge >= 0.3 is 5.97 Å². The first-order chi connectivity index (χ1) is 9.71. The van der Waals surface area contributed by atoms with E-state index in [-0.39, 0.29) is 5.97 Å². The number of ether oxygens (including phenoxy) is 1. The van der Waals surface area contributed by atoms with Crippen LogP contribution in [-0.2, 0) is 17.6 Å². The van der Waals surface area contributed by atoms with Gasteiger partial charge in [-0.1, -0.05) is 32.0 Å². The van der Waals surface area contributed by atoms with Crippen LogP contribution in [0.4, 0.5) is 0 Å². The van der Waals surface area contributed by atoms with E-state index in [4.69, 9.17) is 4.74 Å². The van der Waals surface area contributed by atoms with E-state index >= 15 is 0 Å². The molecular formula is C16H20N2O2. The molecule has 0 saturated carbocycles. The molecule has 0 saturated heterocycles. The van der Waals surface area contributed by atoms with Gasteiger partial charge in [0.2, 0.25) is 0 Å². The number of rotatable bonds is 5. The Morgan fingerprint density at radius 1 is 1.20 bits per heavy atom. The summed E-state index contributed by atoms with van der Waals surface area (Å²) in [4.78, 5) is 15.9. The molecule has 4 heteroatoms. The average Bonchev–Trinajstić information content (AvgIpc) is 2.96. The van der Waals surface area contributed by atoms with Gasteiger partial charge in [0.1, 0.15) is 6.33 Å². The van der Waals surface area contributed by atoms with Gasteiger partial charge in [-0.15, -0.1) is 0 Å². The quantitative estimate of drug-likeness (QED) is 0.785. The molecule has 1 aromatic heterocycles. The fourth-order valence-electron chi connectivity index (χ4n) is 2.30. The number of aromatic nitrogens is 2. The molecule has 2 aromatic rings. The van der Waals surface area contributed by atoms with Crippen molar-refractivity contribution in [3.05, 3.63) is 47.5 Å². The van der Waals surface area contributed by atoms with E-state index in [1.807, 2.05) is 4.57 Å². The van der Waals surface area contributed by atoms with Crippen molar-refractivity contribution in [2.45, 2.75) is 33.6 Å². The fourth-order valence-corrected chi connectivity index (χ4v) is 2.30. The highest BCUT2D eigenvalue weighted by Crippen LogP contribution is 2.21. The molecule has 0 amide bonds. The second kappa shape index (κ2) is 6.37. The van der Waals surface area contributed by atoms with Gasteiger partial charge < -0.3 is 9.30 Å². The average molecular weight is 272 g/mol.